The number of aromatic nitrogens is 3. The Labute approximate surface area is 110 Å². The number of nitrogens with zero attached hydrogens (tertiary/aromatic N) is 2. The minimum atomic E-state index is -3.67. The summed E-state index contributed by atoms with van der Waals surface area (Å²) >= 11 is 0. The highest BCUT2D eigenvalue weighted by atomic mass is 32.2. The third-order valence-corrected chi connectivity index (χ3v) is 4.09. The lowest BCUT2D eigenvalue weighted by Crippen LogP contribution is -2.21. The second-order valence-corrected chi connectivity index (χ2v) is 5.84. The molecule has 19 heavy (non-hydrogen) atoms. The Balaban J connectivity index is 2.40. The zero-order valence-electron chi connectivity index (χ0n) is 10.1. The molecule has 0 bridgehead atoms. The predicted octanol–water partition coefficient (Wildman–Crippen LogP) is 0.731. The highest BCUT2D eigenvalue weighted by Gasteiger charge is 2.23. The number of nitrogens with one attached hydrogen (secondary N) is 1. The SMILES string of the molecule is C=CCn1c(S(=O)(=O)Cc2ccccc2)n[nH]c1=O. The van der Waals surface area contributed by atoms with E-state index in [9.17, 15) is 13.2 Å². The Hall–Kier alpha value is -2.15. The summed E-state index contributed by atoms with van der Waals surface area (Å²) in [4.78, 5) is 11.5. The van der Waals surface area contributed by atoms with Gasteiger partial charge in [-0.15, -0.1) is 11.7 Å². The minimum Gasteiger partial charge on any atom is -0.262 e. The fourth-order valence-electron chi connectivity index (χ4n) is 1.69. The summed E-state index contributed by atoms with van der Waals surface area (Å²) in [6, 6.07) is 8.73. The number of rotatable bonds is 5. The van der Waals surface area contributed by atoms with Gasteiger partial charge in [-0.1, -0.05) is 36.4 Å². The molecule has 1 heterocycles. The zero-order chi connectivity index (χ0) is 13.9. The molecule has 0 fully saturated rings. The van der Waals surface area contributed by atoms with E-state index in [1.807, 2.05) is 0 Å². The molecular weight excluding hydrogens is 266 g/mol. The van der Waals surface area contributed by atoms with E-state index in [0.717, 1.165) is 4.57 Å². The van der Waals surface area contributed by atoms with Crippen molar-refractivity contribution in [3.63, 3.8) is 0 Å². The zero-order valence-corrected chi connectivity index (χ0v) is 10.9. The first kappa shape index (κ1) is 13.3. The molecule has 1 aromatic carbocycles. The number of sulfone groups is 1. The molecular formula is C12H13N3O3S. The maximum atomic E-state index is 12.2. The van der Waals surface area contributed by atoms with Gasteiger partial charge in [-0.2, -0.15) is 0 Å². The summed E-state index contributed by atoms with van der Waals surface area (Å²) in [6.07, 6.45) is 1.44. The van der Waals surface area contributed by atoms with E-state index in [2.05, 4.69) is 16.8 Å². The Kier molecular flexibility index (Phi) is 3.66. The second kappa shape index (κ2) is 5.23. The van der Waals surface area contributed by atoms with Gasteiger partial charge in [0.15, 0.2) is 0 Å². The number of allylic oxidation sites excluding steroid dienone is 1. The topological polar surface area (TPSA) is 84.8 Å². The summed E-state index contributed by atoms with van der Waals surface area (Å²) in [5.74, 6) is -0.199. The van der Waals surface area contributed by atoms with E-state index in [-0.39, 0.29) is 17.5 Å². The normalized spacial score (nSPS) is 11.4. The first-order chi connectivity index (χ1) is 9.04. The lowest BCUT2D eigenvalue weighted by molar-refractivity contribution is 0.570. The summed E-state index contributed by atoms with van der Waals surface area (Å²) < 4.78 is 25.5. The lowest BCUT2D eigenvalue weighted by Gasteiger charge is -2.04. The van der Waals surface area contributed by atoms with Crippen LogP contribution < -0.4 is 5.69 Å². The summed E-state index contributed by atoms with van der Waals surface area (Å²) in [6.45, 7) is 3.58. The number of hydrogen-bond acceptors (Lipinski definition) is 4. The standard InChI is InChI=1S/C12H13N3O3S/c1-2-8-15-11(16)13-14-12(15)19(17,18)9-10-6-4-3-5-7-10/h2-7H,1,8-9H2,(H,13,16). The van der Waals surface area contributed by atoms with Crippen molar-refractivity contribution in [2.75, 3.05) is 0 Å². The van der Waals surface area contributed by atoms with Crippen LogP contribution in [-0.2, 0) is 22.1 Å². The van der Waals surface area contributed by atoms with Crippen molar-refractivity contribution in [3.8, 4) is 0 Å². The van der Waals surface area contributed by atoms with Crippen LogP contribution in [0.3, 0.4) is 0 Å². The van der Waals surface area contributed by atoms with Crippen LogP contribution in [0.4, 0.5) is 0 Å². The van der Waals surface area contributed by atoms with Gasteiger partial charge in [0.05, 0.1) is 5.75 Å². The highest BCUT2D eigenvalue weighted by molar-refractivity contribution is 7.90. The summed E-state index contributed by atoms with van der Waals surface area (Å²) in [5, 5.41) is 5.47. The fraction of sp³-hybridized carbons (Fsp3) is 0.167. The smallest absolute Gasteiger partial charge is 0.262 e. The minimum absolute atomic E-state index is 0.0959. The van der Waals surface area contributed by atoms with Crippen molar-refractivity contribution in [2.24, 2.45) is 0 Å². The first-order valence-corrected chi connectivity index (χ1v) is 7.22. The molecule has 6 nitrogen and oxygen atoms in total. The molecule has 0 atom stereocenters. The van der Waals surface area contributed by atoms with Crippen LogP contribution in [0.1, 0.15) is 5.56 Å². The average Bonchev–Trinajstić information content (AvgIpc) is 2.73. The van der Waals surface area contributed by atoms with Gasteiger partial charge in [0.25, 0.3) is 5.16 Å². The maximum absolute atomic E-state index is 12.2. The Morgan fingerprint density at radius 3 is 2.63 bits per heavy atom. The van der Waals surface area contributed by atoms with Gasteiger partial charge in [0.1, 0.15) is 0 Å². The summed E-state index contributed by atoms with van der Waals surface area (Å²) in [7, 11) is -3.67. The van der Waals surface area contributed by atoms with Crippen LogP contribution >= 0.6 is 0 Å². The molecule has 0 saturated carbocycles. The third kappa shape index (κ3) is 2.82. The molecule has 0 radical (unpaired) electrons. The van der Waals surface area contributed by atoms with Crippen LogP contribution in [0.15, 0.2) is 52.9 Å². The van der Waals surface area contributed by atoms with Crippen molar-refractivity contribution in [2.45, 2.75) is 17.5 Å². The number of hydrogen-bond donors (Lipinski definition) is 1. The molecule has 0 saturated heterocycles. The van der Waals surface area contributed by atoms with Gasteiger partial charge < -0.3 is 0 Å². The lowest BCUT2D eigenvalue weighted by atomic mass is 10.2. The Morgan fingerprint density at radius 2 is 2.00 bits per heavy atom. The van der Waals surface area contributed by atoms with Crippen molar-refractivity contribution in [1.29, 1.82) is 0 Å². The van der Waals surface area contributed by atoms with Crippen molar-refractivity contribution >= 4 is 9.84 Å². The maximum Gasteiger partial charge on any atom is 0.344 e. The molecule has 100 valence electrons. The van der Waals surface area contributed by atoms with Crippen LogP contribution in [0.25, 0.3) is 0 Å². The van der Waals surface area contributed by atoms with Crippen LogP contribution in [-0.4, -0.2) is 23.2 Å². The summed E-state index contributed by atoms with van der Waals surface area (Å²) in [5.41, 5.74) is 0.0784. The van der Waals surface area contributed by atoms with E-state index < -0.39 is 15.5 Å². The monoisotopic (exact) mass is 279 g/mol. The number of aromatic amines is 1. The number of benzene rings is 1. The molecule has 7 heteroatoms. The molecule has 0 amide bonds. The fourth-order valence-corrected chi connectivity index (χ4v) is 3.13. The van der Waals surface area contributed by atoms with E-state index in [1.165, 1.54) is 6.08 Å². The molecule has 0 aliphatic rings. The van der Waals surface area contributed by atoms with Gasteiger partial charge in [0, 0.05) is 6.54 Å². The van der Waals surface area contributed by atoms with Crippen LogP contribution in [0.5, 0.6) is 0 Å². The van der Waals surface area contributed by atoms with E-state index in [1.54, 1.807) is 30.3 Å². The van der Waals surface area contributed by atoms with Gasteiger partial charge in [0.2, 0.25) is 9.84 Å². The number of H-pyrrole nitrogens is 1. The molecule has 2 rings (SSSR count). The predicted molar refractivity (Wildman–Crippen MR) is 70.4 cm³/mol. The van der Waals surface area contributed by atoms with Crippen molar-refractivity contribution < 1.29 is 8.42 Å². The second-order valence-electron chi connectivity index (χ2n) is 3.96. The van der Waals surface area contributed by atoms with Gasteiger partial charge >= 0.3 is 5.69 Å². The molecule has 0 spiro atoms. The van der Waals surface area contributed by atoms with Crippen LogP contribution in [0, 0.1) is 0 Å². The van der Waals surface area contributed by atoms with E-state index in [4.69, 9.17) is 0 Å². The van der Waals surface area contributed by atoms with Crippen molar-refractivity contribution in [3.05, 3.63) is 59.0 Å². The molecule has 0 aliphatic carbocycles. The Bertz CT molecular complexity index is 729. The van der Waals surface area contributed by atoms with Gasteiger partial charge in [-0.05, 0) is 5.56 Å². The van der Waals surface area contributed by atoms with E-state index in [0.29, 0.717) is 5.56 Å². The largest absolute Gasteiger partial charge is 0.344 e. The van der Waals surface area contributed by atoms with Gasteiger partial charge in [-0.25, -0.2) is 18.3 Å². The van der Waals surface area contributed by atoms with E-state index >= 15 is 0 Å². The molecule has 1 N–H and O–H groups in total. The third-order valence-electron chi connectivity index (χ3n) is 2.51. The van der Waals surface area contributed by atoms with Crippen molar-refractivity contribution in [1.82, 2.24) is 14.8 Å². The molecule has 0 unspecified atom stereocenters. The average molecular weight is 279 g/mol. The first-order valence-electron chi connectivity index (χ1n) is 5.57. The molecule has 2 aromatic rings. The molecule has 0 aliphatic heterocycles. The Morgan fingerprint density at radius 1 is 1.32 bits per heavy atom. The quantitative estimate of drug-likeness (QED) is 0.818. The molecule has 1 aromatic heterocycles. The van der Waals surface area contributed by atoms with Gasteiger partial charge in [-0.3, -0.25) is 4.57 Å². The van der Waals surface area contributed by atoms with Crippen LogP contribution in [0.2, 0.25) is 0 Å². The highest BCUT2D eigenvalue weighted by Crippen LogP contribution is 2.12.